The summed E-state index contributed by atoms with van der Waals surface area (Å²) in [6.07, 6.45) is 6.97. The summed E-state index contributed by atoms with van der Waals surface area (Å²) in [4.78, 5) is 15.0. The number of piperidine rings is 1. The highest BCUT2D eigenvalue weighted by atomic mass is 19.1. The topological polar surface area (TPSA) is 52.6 Å². The van der Waals surface area contributed by atoms with Gasteiger partial charge in [-0.1, -0.05) is 18.6 Å². The Morgan fingerprint density at radius 3 is 2.52 bits per heavy atom. The second-order valence-electron chi connectivity index (χ2n) is 7.52. The number of aliphatic hydroxyl groups excluding tert-OH is 1. The van der Waals surface area contributed by atoms with E-state index in [-0.39, 0.29) is 30.4 Å². The summed E-state index contributed by atoms with van der Waals surface area (Å²) in [6.45, 7) is 1.86. The fourth-order valence-electron chi connectivity index (χ4n) is 4.09. The Morgan fingerprint density at radius 1 is 1.12 bits per heavy atom. The van der Waals surface area contributed by atoms with Crippen molar-refractivity contribution in [2.24, 2.45) is 5.92 Å². The van der Waals surface area contributed by atoms with Crippen LogP contribution in [-0.2, 0) is 11.3 Å². The molecule has 1 aromatic rings. The van der Waals surface area contributed by atoms with E-state index in [1.165, 1.54) is 12.1 Å². The third-order valence-corrected chi connectivity index (χ3v) is 5.67. The number of carbonyl (C=O) groups is 1. The van der Waals surface area contributed by atoms with E-state index in [4.69, 9.17) is 0 Å². The molecule has 5 heteroatoms. The largest absolute Gasteiger partial charge is 0.396 e. The highest BCUT2D eigenvalue weighted by Crippen LogP contribution is 2.25. The first-order valence-electron chi connectivity index (χ1n) is 9.55. The zero-order chi connectivity index (χ0) is 17.6. The molecule has 1 atom stereocenters. The summed E-state index contributed by atoms with van der Waals surface area (Å²) in [7, 11) is 0. The van der Waals surface area contributed by atoms with Crippen LogP contribution in [0.1, 0.15) is 50.5 Å². The van der Waals surface area contributed by atoms with Gasteiger partial charge in [0, 0.05) is 19.2 Å². The normalized spacial score (nSPS) is 27.8. The predicted molar refractivity (Wildman–Crippen MR) is 95.4 cm³/mol. The van der Waals surface area contributed by atoms with Crippen molar-refractivity contribution in [1.82, 2.24) is 10.2 Å². The molecule has 1 amide bonds. The molecule has 1 aliphatic heterocycles. The van der Waals surface area contributed by atoms with Crippen molar-refractivity contribution in [1.29, 1.82) is 0 Å². The van der Waals surface area contributed by atoms with Gasteiger partial charge in [0.2, 0.25) is 5.91 Å². The molecule has 0 aromatic heterocycles. The number of nitrogens with zero attached hydrogens (tertiary/aromatic N) is 1. The summed E-state index contributed by atoms with van der Waals surface area (Å²) in [6, 6.07) is 6.71. The number of amides is 1. The number of hydrogen-bond donors (Lipinski definition) is 2. The van der Waals surface area contributed by atoms with Crippen LogP contribution < -0.4 is 5.32 Å². The van der Waals surface area contributed by atoms with Crippen LogP contribution in [0.2, 0.25) is 0 Å². The fraction of sp³-hybridized carbons (Fsp3) is 0.650. The van der Waals surface area contributed by atoms with E-state index in [0.717, 1.165) is 57.1 Å². The van der Waals surface area contributed by atoms with Crippen LogP contribution in [0.15, 0.2) is 24.3 Å². The van der Waals surface area contributed by atoms with Gasteiger partial charge in [0.15, 0.2) is 0 Å². The molecule has 1 aromatic carbocycles. The Hall–Kier alpha value is -1.46. The third kappa shape index (κ3) is 5.02. The smallest absolute Gasteiger partial charge is 0.237 e. The number of aliphatic hydroxyl groups is 1. The average Bonchev–Trinajstić information content (AvgIpc) is 2.64. The Balaban J connectivity index is 1.56. The molecule has 0 radical (unpaired) electrons. The first-order valence-corrected chi connectivity index (χ1v) is 9.55. The lowest BCUT2D eigenvalue weighted by Crippen LogP contribution is -2.51. The van der Waals surface area contributed by atoms with E-state index >= 15 is 0 Å². The quantitative estimate of drug-likeness (QED) is 0.860. The maximum Gasteiger partial charge on any atom is 0.237 e. The van der Waals surface area contributed by atoms with Crippen molar-refractivity contribution < 1.29 is 14.3 Å². The van der Waals surface area contributed by atoms with Gasteiger partial charge in [-0.15, -0.1) is 0 Å². The maximum absolute atomic E-state index is 13.1. The summed E-state index contributed by atoms with van der Waals surface area (Å²) in [5.41, 5.74) is 1.05. The van der Waals surface area contributed by atoms with Crippen molar-refractivity contribution in [3.63, 3.8) is 0 Å². The number of likely N-dealkylation sites (tertiary alicyclic amines) is 1. The SMILES string of the molecule is O=C(NC1CCC(CO)CC1)C1CCCCN1Cc1ccc(F)cc1. The van der Waals surface area contributed by atoms with E-state index in [0.29, 0.717) is 12.5 Å². The molecule has 1 saturated carbocycles. The van der Waals surface area contributed by atoms with Gasteiger partial charge in [0.05, 0.1) is 6.04 Å². The van der Waals surface area contributed by atoms with Crippen LogP contribution in [0, 0.1) is 11.7 Å². The van der Waals surface area contributed by atoms with Gasteiger partial charge in [0.25, 0.3) is 0 Å². The first-order chi connectivity index (χ1) is 12.2. The molecule has 1 aliphatic carbocycles. The van der Waals surface area contributed by atoms with Crippen molar-refractivity contribution in [2.45, 2.75) is 63.6 Å². The Kier molecular flexibility index (Phi) is 6.43. The fourth-order valence-corrected chi connectivity index (χ4v) is 4.09. The lowest BCUT2D eigenvalue weighted by atomic mass is 9.86. The second kappa shape index (κ2) is 8.77. The van der Waals surface area contributed by atoms with E-state index in [1.807, 2.05) is 0 Å². The average molecular weight is 348 g/mol. The van der Waals surface area contributed by atoms with Gasteiger partial charge in [-0.3, -0.25) is 9.69 Å². The van der Waals surface area contributed by atoms with E-state index in [9.17, 15) is 14.3 Å². The first kappa shape index (κ1) is 18.3. The zero-order valence-electron chi connectivity index (χ0n) is 14.8. The van der Waals surface area contributed by atoms with Gasteiger partial charge in [-0.25, -0.2) is 4.39 Å². The molecule has 0 bridgehead atoms. The molecule has 2 fully saturated rings. The van der Waals surface area contributed by atoms with Crippen molar-refractivity contribution in [3.8, 4) is 0 Å². The van der Waals surface area contributed by atoms with Crippen LogP contribution >= 0.6 is 0 Å². The Bertz CT molecular complexity index is 555. The lowest BCUT2D eigenvalue weighted by Gasteiger charge is -2.36. The summed E-state index contributed by atoms with van der Waals surface area (Å²) in [5, 5.41) is 12.5. The molecule has 25 heavy (non-hydrogen) atoms. The van der Waals surface area contributed by atoms with E-state index in [2.05, 4.69) is 10.2 Å². The predicted octanol–water partition coefficient (Wildman–Crippen LogP) is 2.85. The molecule has 138 valence electrons. The number of nitrogens with one attached hydrogen (secondary N) is 1. The zero-order valence-corrected chi connectivity index (χ0v) is 14.8. The number of rotatable bonds is 5. The Labute approximate surface area is 149 Å². The van der Waals surface area contributed by atoms with Crippen LogP contribution in [0.4, 0.5) is 4.39 Å². The van der Waals surface area contributed by atoms with Crippen LogP contribution in [-0.4, -0.2) is 41.1 Å². The van der Waals surface area contributed by atoms with Crippen molar-refractivity contribution in [3.05, 3.63) is 35.6 Å². The van der Waals surface area contributed by atoms with Crippen LogP contribution in [0.25, 0.3) is 0 Å². The Morgan fingerprint density at radius 2 is 1.84 bits per heavy atom. The molecular weight excluding hydrogens is 319 g/mol. The highest BCUT2D eigenvalue weighted by molar-refractivity contribution is 5.82. The molecule has 2 N–H and O–H groups in total. The van der Waals surface area contributed by atoms with E-state index < -0.39 is 0 Å². The number of hydrogen-bond acceptors (Lipinski definition) is 3. The van der Waals surface area contributed by atoms with Gasteiger partial charge < -0.3 is 10.4 Å². The number of halogens is 1. The van der Waals surface area contributed by atoms with Crippen LogP contribution in [0.3, 0.4) is 0 Å². The minimum Gasteiger partial charge on any atom is -0.396 e. The molecular formula is C20H29FN2O2. The van der Waals surface area contributed by atoms with Gasteiger partial charge in [-0.2, -0.15) is 0 Å². The molecule has 1 unspecified atom stereocenters. The molecule has 4 nitrogen and oxygen atoms in total. The summed E-state index contributed by atoms with van der Waals surface area (Å²) in [5.74, 6) is 0.308. The minimum absolute atomic E-state index is 0.0885. The number of benzene rings is 1. The number of carbonyl (C=O) groups excluding carboxylic acids is 1. The maximum atomic E-state index is 13.1. The molecule has 1 heterocycles. The summed E-state index contributed by atoms with van der Waals surface area (Å²) < 4.78 is 13.1. The second-order valence-corrected chi connectivity index (χ2v) is 7.52. The van der Waals surface area contributed by atoms with Gasteiger partial charge in [0.1, 0.15) is 5.82 Å². The monoisotopic (exact) mass is 348 g/mol. The molecule has 0 spiro atoms. The van der Waals surface area contributed by atoms with Crippen molar-refractivity contribution >= 4 is 5.91 Å². The summed E-state index contributed by atoms with van der Waals surface area (Å²) >= 11 is 0. The highest BCUT2D eigenvalue weighted by Gasteiger charge is 2.31. The molecule has 3 rings (SSSR count). The van der Waals surface area contributed by atoms with Gasteiger partial charge in [-0.05, 0) is 68.7 Å². The van der Waals surface area contributed by atoms with Crippen LogP contribution in [0.5, 0.6) is 0 Å². The van der Waals surface area contributed by atoms with E-state index in [1.54, 1.807) is 12.1 Å². The van der Waals surface area contributed by atoms with Crippen molar-refractivity contribution in [2.75, 3.05) is 13.2 Å². The van der Waals surface area contributed by atoms with Gasteiger partial charge >= 0.3 is 0 Å². The lowest BCUT2D eigenvalue weighted by molar-refractivity contribution is -0.129. The molecule has 1 saturated heterocycles. The minimum atomic E-state index is -0.227. The third-order valence-electron chi connectivity index (χ3n) is 5.67. The standard InChI is InChI=1S/C20H29FN2O2/c21-17-8-4-15(5-9-17)13-23-12-2-1-3-19(23)20(25)22-18-10-6-16(14-24)7-11-18/h4-5,8-9,16,18-19,24H,1-3,6-7,10-14H2,(H,22,25). The molecule has 2 aliphatic rings.